The summed E-state index contributed by atoms with van der Waals surface area (Å²) in [4.78, 5) is 11.3. The molecule has 0 saturated carbocycles. The zero-order valence-electron chi connectivity index (χ0n) is 9.77. The van der Waals surface area contributed by atoms with E-state index < -0.39 is 10.1 Å². The first-order chi connectivity index (χ1) is 8.28. The number of esters is 1. The normalized spacial score (nSPS) is 19.1. The molecule has 0 amide bonds. The van der Waals surface area contributed by atoms with Crippen LogP contribution in [0.1, 0.15) is 24.8 Å². The van der Waals surface area contributed by atoms with Crippen molar-refractivity contribution >= 4 is 38.7 Å². The van der Waals surface area contributed by atoms with Crippen molar-refractivity contribution in [3.63, 3.8) is 0 Å². The highest BCUT2D eigenvalue weighted by atomic mass is 127. The van der Waals surface area contributed by atoms with Crippen LogP contribution in [0.25, 0.3) is 0 Å². The summed E-state index contributed by atoms with van der Waals surface area (Å²) in [5.74, 6) is 0.449. The average molecular weight is 382 g/mol. The van der Waals surface area contributed by atoms with Gasteiger partial charge in [-0.25, -0.2) is 0 Å². The second-order valence-corrected chi connectivity index (χ2v) is 6.81. The van der Waals surface area contributed by atoms with Gasteiger partial charge in [-0.3, -0.25) is 4.79 Å². The fraction of sp³-hybridized carbons (Fsp3) is 0.364. The number of halogens is 1. The SMILES string of the molecule is CC1CC(=O)Oc2ccc(OS(C)(=O)=O)c(I)c21. The van der Waals surface area contributed by atoms with Crippen LogP contribution < -0.4 is 8.92 Å². The highest BCUT2D eigenvalue weighted by molar-refractivity contribution is 14.1. The van der Waals surface area contributed by atoms with E-state index in [0.717, 1.165) is 11.8 Å². The molecule has 0 bridgehead atoms. The maximum absolute atomic E-state index is 11.3. The molecule has 1 aliphatic rings. The number of rotatable bonds is 2. The lowest BCUT2D eigenvalue weighted by molar-refractivity contribution is -0.135. The minimum absolute atomic E-state index is 0.0174. The largest absolute Gasteiger partial charge is 0.426 e. The van der Waals surface area contributed by atoms with Gasteiger partial charge in [0.05, 0.1) is 16.2 Å². The maximum atomic E-state index is 11.3. The molecule has 0 aliphatic carbocycles. The van der Waals surface area contributed by atoms with Gasteiger partial charge in [0.25, 0.3) is 0 Å². The molecule has 1 unspecified atom stereocenters. The molecular formula is C11H11IO5S. The average Bonchev–Trinajstić information content (AvgIpc) is 2.19. The van der Waals surface area contributed by atoms with Gasteiger partial charge in [0.2, 0.25) is 0 Å². The molecule has 0 spiro atoms. The van der Waals surface area contributed by atoms with Crippen LogP contribution >= 0.6 is 22.6 Å². The van der Waals surface area contributed by atoms with Gasteiger partial charge in [-0.05, 0) is 40.6 Å². The molecule has 0 saturated heterocycles. The lowest BCUT2D eigenvalue weighted by Gasteiger charge is -2.23. The summed E-state index contributed by atoms with van der Waals surface area (Å²) in [6.07, 6.45) is 1.28. The van der Waals surface area contributed by atoms with Crippen molar-refractivity contribution in [1.29, 1.82) is 0 Å². The Hall–Kier alpha value is -0.830. The van der Waals surface area contributed by atoms with E-state index in [1.807, 2.05) is 29.5 Å². The molecule has 7 heteroatoms. The first-order valence-electron chi connectivity index (χ1n) is 5.20. The van der Waals surface area contributed by atoms with Crippen molar-refractivity contribution < 1.29 is 22.1 Å². The van der Waals surface area contributed by atoms with Gasteiger partial charge in [0.15, 0.2) is 5.75 Å². The molecule has 1 heterocycles. The molecule has 0 N–H and O–H groups in total. The Balaban J connectivity index is 2.50. The predicted octanol–water partition coefficient (Wildman–Crippen LogP) is 2.04. The monoisotopic (exact) mass is 382 g/mol. The van der Waals surface area contributed by atoms with Gasteiger partial charge in [0.1, 0.15) is 5.75 Å². The Morgan fingerprint density at radius 1 is 1.44 bits per heavy atom. The van der Waals surface area contributed by atoms with E-state index in [1.165, 1.54) is 6.07 Å². The Labute approximate surface area is 119 Å². The number of carbonyl (C=O) groups is 1. The van der Waals surface area contributed by atoms with E-state index >= 15 is 0 Å². The molecule has 1 aromatic rings. The van der Waals surface area contributed by atoms with E-state index in [-0.39, 0.29) is 24.1 Å². The molecule has 5 nitrogen and oxygen atoms in total. The number of ether oxygens (including phenoxy) is 1. The third-order valence-electron chi connectivity index (χ3n) is 2.53. The third kappa shape index (κ3) is 2.77. The van der Waals surface area contributed by atoms with E-state index in [2.05, 4.69) is 0 Å². The Kier molecular flexibility index (Phi) is 3.54. The molecule has 1 aliphatic heterocycles. The van der Waals surface area contributed by atoms with E-state index in [4.69, 9.17) is 8.92 Å². The lowest BCUT2D eigenvalue weighted by atomic mass is 9.94. The molecule has 98 valence electrons. The molecule has 0 radical (unpaired) electrons. The van der Waals surface area contributed by atoms with Crippen molar-refractivity contribution in [2.24, 2.45) is 0 Å². The zero-order valence-corrected chi connectivity index (χ0v) is 12.7. The molecule has 18 heavy (non-hydrogen) atoms. The van der Waals surface area contributed by atoms with Crippen molar-refractivity contribution in [2.75, 3.05) is 6.26 Å². The second kappa shape index (κ2) is 4.69. The molecule has 0 aromatic heterocycles. The maximum Gasteiger partial charge on any atom is 0.311 e. The van der Waals surface area contributed by atoms with E-state index in [1.54, 1.807) is 6.07 Å². The number of carbonyl (C=O) groups excluding carboxylic acids is 1. The quantitative estimate of drug-likeness (QED) is 0.339. The number of hydrogen-bond acceptors (Lipinski definition) is 5. The number of hydrogen-bond donors (Lipinski definition) is 0. The summed E-state index contributed by atoms with van der Waals surface area (Å²) in [6, 6.07) is 3.05. The fourth-order valence-corrected chi connectivity index (χ4v) is 3.55. The predicted molar refractivity (Wildman–Crippen MR) is 73.3 cm³/mol. The van der Waals surface area contributed by atoms with Gasteiger partial charge in [-0.15, -0.1) is 0 Å². The summed E-state index contributed by atoms with van der Waals surface area (Å²) in [7, 11) is -3.57. The summed E-state index contributed by atoms with van der Waals surface area (Å²) in [5.41, 5.74) is 0.816. The van der Waals surface area contributed by atoms with Crippen LogP contribution in [-0.4, -0.2) is 20.6 Å². The Bertz CT molecular complexity index is 608. The van der Waals surface area contributed by atoms with Crippen molar-refractivity contribution in [1.82, 2.24) is 0 Å². The van der Waals surface area contributed by atoms with Crippen LogP contribution in [-0.2, 0) is 14.9 Å². The van der Waals surface area contributed by atoms with Crippen LogP contribution in [0.4, 0.5) is 0 Å². The first kappa shape index (κ1) is 13.6. The van der Waals surface area contributed by atoms with Gasteiger partial charge in [0, 0.05) is 5.56 Å². The Morgan fingerprint density at radius 2 is 2.11 bits per heavy atom. The third-order valence-corrected chi connectivity index (χ3v) is 4.13. The molecular weight excluding hydrogens is 371 g/mol. The molecule has 1 aromatic carbocycles. The topological polar surface area (TPSA) is 69.7 Å². The van der Waals surface area contributed by atoms with Gasteiger partial charge in [-0.2, -0.15) is 8.42 Å². The van der Waals surface area contributed by atoms with Crippen molar-refractivity contribution in [2.45, 2.75) is 19.3 Å². The van der Waals surface area contributed by atoms with Crippen LogP contribution in [0.2, 0.25) is 0 Å². The van der Waals surface area contributed by atoms with Crippen LogP contribution in [0.3, 0.4) is 0 Å². The second-order valence-electron chi connectivity index (χ2n) is 4.16. The van der Waals surface area contributed by atoms with E-state index in [0.29, 0.717) is 9.32 Å². The Morgan fingerprint density at radius 3 is 2.72 bits per heavy atom. The lowest BCUT2D eigenvalue weighted by Crippen LogP contribution is -2.20. The van der Waals surface area contributed by atoms with Crippen LogP contribution in [0.15, 0.2) is 12.1 Å². The molecule has 2 rings (SSSR count). The highest BCUT2D eigenvalue weighted by Crippen LogP contribution is 2.41. The molecule has 1 atom stereocenters. The first-order valence-corrected chi connectivity index (χ1v) is 8.10. The van der Waals surface area contributed by atoms with Crippen molar-refractivity contribution in [3.8, 4) is 11.5 Å². The van der Waals surface area contributed by atoms with Crippen LogP contribution in [0, 0.1) is 3.57 Å². The number of benzene rings is 1. The summed E-state index contributed by atoms with van der Waals surface area (Å²) in [6.45, 7) is 1.89. The van der Waals surface area contributed by atoms with Crippen molar-refractivity contribution in [3.05, 3.63) is 21.3 Å². The zero-order chi connectivity index (χ0) is 13.5. The van der Waals surface area contributed by atoms with Crippen LogP contribution in [0.5, 0.6) is 11.5 Å². The standard InChI is InChI=1S/C11H11IO5S/c1-6-5-9(13)16-7-3-4-8(11(12)10(6)7)17-18(2,14)15/h3-4,6H,5H2,1-2H3. The van der Waals surface area contributed by atoms with E-state index in [9.17, 15) is 13.2 Å². The minimum atomic E-state index is -3.57. The highest BCUT2D eigenvalue weighted by Gasteiger charge is 2.28. The van der Waals surface area contributed by atoms with Gasteiger partial charge >= 0.3 is 16.1 Å². The minimum Gasteiger partial charge on any atom is -0.426 e. The number of fused-ring (bicyclic) bond motifs is 1. The molecule has 0 fully saturated rings. The summed E-state index contributed by atoms with van der Waals surface area (Å²) in [5, 5.41) is 0. The summed E-state index contributed by atoms with van der Waals surface area (Å²) >= 11 is 2.01. The fourth-order valence-electron chi connectivity index (χ4n) is 1.85. The van der Waals surface area contributed by atoms with Gasteiger partial charge < -0.3 is 8.92 Å². The summed E-state index contributed by atoms with van der Waals surface area (Å²) < 4.78 is 33.0. The van der Waals surface area contributed by atoms with Gasteiger partial charge in [-0.1, -0.05) is 6.92 Å². The smallest absolute Gasteiger partial charge is 0.311 e.